The first-order valence-corrected chi connectivity index (χ1v) is 7.43. The second-order valence-electron chi connectivity index (χ2n) is 4.37. The van der Waals surface area contributed by atoms with E-state index in [1.807, 2.05) is 42.6 Å². The van der Waals surface area contributed by atoms with Crippen molar-refractivity contribution in [2.45, 2.75) is 13.5 Å². The highest BCUT2D eigenvalue weighted by Gasteiger charge is 2.09. The summed E-state index contributed by atoms with van der Waals surface area (Å²) in [6, 6.07) is 9.97. The van der Waals surface area contributed by atoms with Gasteiger partial charge in [0.25, 0.3) is 0 Å². The van der Waals surface area contributed by atoms with Crippen LogP contribution in [0.25, 0.3) is 11.4 Å². The number of aryl methyl sites for hydroxylation is 1. The Labute approximate surface area is 125 Å². The van der Waals surface area contributed by atoms with Crippen molar-refractivity contribution in [3.63, 3.8) is 0 Å². The van der Waals surface area contributed by atoms with Crippen LogP contribution in [-0.4, -0.2) is 15.2 Å². The minimum Gasteiger partial charge on any atom is -0.380 e. The molecule has 0 saturated carbocycles. The van der Waals surface area contributed by atoms with E-state index in [0.717, 1.165) is 28.6 Å². The Morgan fingerprint density at radius 2 is 2.20 bits per heavy atom. The molecule has 20 heavy (non-hydrogen) atoms. The number of thiophene rings is 1. The monoisotopic (exact) mass is 304 g/mol. The summed E-state index contributed by atoms with van der Waals surface area (Å²) in [5.74, 6) is 1.51. The van der Waals surface area contributed by atoms with Crippen molar-refractivity contribution in [3.8, 4) is 11.4 Å². The molecule has 0 aliphatic rings. The average Bonchev–Trinajstić information content (AvgIpc) is 3.06. The highest BCUT2D eigenvalue weighted by atomic mass is 35.5. The van der Waals surface area contributed by atoms with Crippen LogP contribution < -0.4 is 5.32 Å². The van der Waals surface area contributed by atoms with E-state index in [2.05, 4.69) is 20.5 Å². The van der Waals surface area contributed by atoms with Gasteiger partial charge in [-0.3, -0.25) is 5.10 Å². The number of nitrogens with zero attached hydrogens (tertiary/aromatic N) is 2. The molecule has 6 heteroatoms. The van der Waals surface area contributed by atoms with Crippen molar-refractivity contribution in [2.24, 2.45) is 0 Å². The van der Waals surface area contributed by atoms with E-state index in [9.17, 15) is 0 Å². The van der Waals surface area contributed by atoms with Crippen LogP contribution in [0.4, 0.5) is 5.69 Å². The molecule has 2 aromatic heterocycles. The second kappa shape index (κ2) is 5.64. The van der Waals surface area contributed by atoms with Gasteiger partial charge in [-0.2, -0.15) is 5.10 Å². The van der Waals surface area contributed by atoms with Crippen molar-refractivity contribution in [1.29, 1.82) is 0 Å². The number of hydrogen-bond donors (Lipinski definition) is 2. The van der Waals surface area contributed by atoms with Crippen molar-refractivity contribution in [3.05, 3.63) is 51.4 Å². The fourth-order valence-corrected chi connectivity index (χ4v) is 2.94. The SMILES string of the molecule is Cc1nc(-c2ccccc2NCc2cc(Cl)cs2)n[nH]1. The lowest BCUT2D eigenvalue weighted by Gasteiger charge is -2.08. The zero-order chi connectivity index (χ0) is 13.9. The van der Waals surface area contributed by atoms with Gasteiger partial charge < -0.3 is 5.32 Å². The largest absolute Gasteiger partial charge is 0.380 e. The molecular formula is C14H13ClN4S. The summed E-state index contributed by atoms with van der Waals surface area (Å²) in [6.07, 6.45) is 0. The van der Waals surface area contributed by atoms with Crippen LogP contribution in [0.2, 0.25) is 5.02 Å². The Hall–Kier alpha value is -1.85. The molecule has 0 aliphatic heterocycles. The molecule has 3 aromatic rings. The number of hydrogen-bond acceptors (Lipinski definition) is 4. The number of H-pyrrole nitrogens is 1. The van der Waals surface area contributed by atoms with Crippen molar-refractivity contribution in [2.75, 3.05) is 5.32 Å². The summed E-state index contributed by atoms with van der Waals surface area (Å²) >= 11 is 7.57. The number of benzene rings is 1. The molecule has 0 spiro atoms. The molecule has 0 bridgehead atoms. The molecule has 3 rings (SSSR count). The van der Waals surface area contributed by atoms with Crippen LogP contribution in [0, 0.1) is 6.92 Å². The minimum absolute atomic E-state index is 0.704. The molecule has 0 amide bonds. The predicted molar refractivity (Wildman–Crippen MR) is 83.2 cm³/mol. The summed E-state index contributed by atoms with van der Waals surface area (Å²) in [6.45, 7) is 2.62. The number of aromatic nitrogens is 3. The Bertz CT molecular complexity index is 719. The Balaban J connectivity index is 1.83. The first kappa shape index (κ1) is 13.1. The third-order valence-electron chi connectivity index (χ3n) is 2.84. The van der Waals surface area contributed by atoms with E-state index in [4.69, 9.17) is 11.6 Å². The maximum atomic E-state index is 5.93. The quantitative estimate of drug-likeness (QED) is 0.762. The van der Waals surface area contributed by atoms with E-state index >= 15 is 0 Å². The van der Waals surface area contributed by atoms with Crippen LogP contribution in [0.15, 0.2) is 35.7 Å². The minimum atomic E-state index is 0.704. The fourth-order valence-electron chi connectivity index (χ4n) is 1.92. The molecule has 0 unspecified atom stereocenters. The molecule has 0 saturated heterocycles. The molecule has 2 heterocycles. The Kier molecular flexibility index (Phi) is 3.71. The third kappa shape index (κ3) is 2.84. The molecule has 4 nitrogen and oxygen atoms in total. The van der Waals surface area contributed by atoms with Crippen LogP contribution in [0.1, 0.15) is 10.7 Å². The topological polar surface area (TPSA) is 53.6 Å². The zero-order valence-electron chi connectivity index (χ0n) is 10.9. The number of aromatic amines is 1. The van der Waals surface area contributed by atoms with Crippen LogP contribution in [0.3, 0.4) is 0 Å². The number of anilines is 1. The second-order valence-corrected chi connectivity index (χ2v) is 5.81. The summed E-state index contributed by atoms with van der Waals surface area (Å²) in [7, 11) is 0. The van der Waals surface area contributed by atoms with Crippen molar-refractivity contribution in [1.82, 2.24) is 15.2 Å². The Morgan fingerprint density at radius 3 is 2.90 bits per heavy atom. The summed E-state index contributed by atoms with van der Waals surface area (Å²) in [5.41, 5.74) is 2.00. The van der Waals surface area contributed by atoms with Crippen molar-refractivity contribution >= 4 is 28.6 Å². The van der Waals surface area contributed by atoms with Gasteiger partial charge in [0.2, 0.25) is 0 Å². The molecule has 1 aromatic carbocycles. The Morgan fingerprint density at radius 1 is 1.35 bits per heavy atom. The van der Waals surface area contributed by atoms with E-state index in [0.29, 0.717) is 5.82 Å². The molecule has 0 radical (unpaired) electrons. The first-order valence-electron chi connectivity index (χ1n) is 6.17. The average molecular weight is 305 g/mol. The highest BCUT2D eigenvalue weighted by molar-refractivity contribution is 7.10. The number of rotatable bonds is 4. The highest BCUT2D eigenvalue weighted by Crippen LogP contribution is 2.26. The third-order valence-corrected chi connectivity index (χ3v) is 4.12. The van der Waals surface area contributed by atoms with Gasteiger partial charge >= 0.3 is 0 Å². The summed E-state index contributed by atoms with van der Waals surface area (Å²) < 4.78 is 0. The lowest BCUT2D eigenvalue weighted by molar-refractivity contribution is 1.04. The number of nitrogens with one attached hydrogen (secondary N) is 2. The lowest BCUT2D eigenvalue weighted by atomic mass is 10.1. The molecule has 0 aliphatic carbocycles. The fraction of sp³-hybridized carbons (Fsp3) is 0.143. The molecule has 2 N–H and O–H groups in total. The van der Waals surface area contributed by atoms with Crippen LogP contribution in [0.5, 0.6) is 0 Å². The summed E-state index contributed by atoms with van der Waals surface area (Å²) in [4.78, 5) is 5.57. The molecule has 0 atom stereocenters. The van der Waals surface area contributed by atoms with Gasteiger partial charge in [0, 0.05) is 28.1 Å². The van der Waals surface area contributed by atoms with Crippen molar-refractivity contribution < 1.29 is 0 Å². The van der Waals surface area contributed by atoms with E-state index in [-0.39, 0.29) is 0 Å². The van der Waals surface area contributed by atoms with E-state index < -0.39 is 0 Å². The van der Waals surface area contributed by atoms with Gasteiger partial charge in [-0.1, -0.05) is 23.7 Å². The molecular weight excluding hydrogens is 292 g/mol. The maximum absolute atomic E-state index is 5.93. The first-order chi connectivity index (χ1) is 9.72. The summed E-state index contributed by atoms with van der Waals surface area (Å²) in [5, 5.41) is 13.2. The zero-order valence-corrected chi connectivity index (χ0v) is 12.4. The molecule has 0 fully saturated rings. The van der Waals surface area contributed by atoms with Gasteiger partial charge in [0.05, 0.1) is 5.02 Å². The van der Waals surface area contributed by atoms with Gasteiger partial charge in [-0.05, 0) is 25.1 Å². The van der Waals surface area contributed by atoms with E-state index in [1.165, 1.54) is 4.88 Å². The standard InChI is InChI=1S/C14H13ClN4S/c1-9-17-14(19-18-9)12-4-2-3-5-13(12)16-7-11-6-10(15)8-20-11/h2-6,8,16H,7H2,1H3,(H,17,18,19). The van der Waals surface area contributed by atoms with E-state index in [1.54, 1.807) is 11.3 Å². The van der Waals surface area contributed by atoms with Crippen LogP contribution >= 0.6 is 22.9 Å². The number of halogens is 1. The normalized spacial score (nSPS) is 10.7. The number of para-hydroxylation sites is 1. The van der Waals surface area contributed by atoms with Gasteiger partial charge in [0.1, 0.15) is 5.82 Å². The molecule has 102 valence electrons. The van der Waals surface area contributed by atoms with Gasteiger partial charge in [-0.25, -0.2) is 4.98 Å². The lowest BCUT2D eigenvalue weighted by Crippen LogP contribution is -1.99. The predicted octanol–water partition coefficient (Wildman–Crippen LogP) is 4.11. The smallest absolute Gasteiger partial charge is 0.183 e. The van der Waals surface area contributed by atoms with Gasteiger partial charge in [0.15, 0.2) is 5.82 Å². The maximum Gasteiger partial charge on any atom is 0.183 e. The van der Waals surface area contributed by atoms with Crippen LogP contribution in [-0.2, 0) is 6.54 Å². The van der Waals surface area contributed by atoms with Gasteiger partial charge in [-0.15, -0.1) is 11.3 Å².